The van der Waals surface area contributed by atoms with Gasteiger partial charge in [-0.15, -0.1) is 0 Å². The first-order chi connectivity index (χ1) is 11.0. The normalized spacial score (nSPS) is 10.5. The van der Waals surface area contributed by atoms with E-state index in [-0.39, 0.29) is 17.6 Å². The van der Waals surface area contributed by atoms with Crippen LogP contribution >= 0.6 is 0 Å². The van der Waals surface area contributed by atoms with Crippen molar-refractivity contribution in [1.29, 1.82) is 0 Å². The van der Waals surface area contributed by atoms with Crippen molar-refractivity contribution in [3.63, 3.8) is 0 Å². The van der Waals surface area contributed by atoms with Crippen LogP contribution in [0.4, 0.5) is 15.8 Å². The predicted octanol–water partition coefficient (Wildman–Crippen LogP) is 3.52. The minimum atomic E-state index is -0.366. The van der Waals surface area contributed by atoms with Crippen LogP contribution in [-0.2, 0) is 4.79 Å². The molecule has 3 aromatic rings. The zero-order chi connectivity index (χ0) is 16.4. The summed E-state index contributed by atoms with van der Waals surface area (Å²) >= 11 is 0. The van der Waals surface area contributed by atoms with E-state index < -0.39 is 0 Å². The van der Waals surface area contributed by atoms with E-state index in [0.717, 1.165) is 0 Å². The zero-order valence-corrected chi connectivity index (χ0v) is 12.3. The topological polar surface area (TPSA) is 74.0 Å². The molecule has 0 saturated heterocycles. The lowest BCUT2D eigenvalue weighted by Gasteiger charge is -2.07. The van der Waals surface area contributed by atoms with Crippen molar-refractivity contribution < 1.29 is 14.0 Å². The average molecular weight is 311 g/mol. The fourth-order valence-corrected chi connectivity index (χ4v) is 2.36. The van der Waals surface area contributed by atoms with Gasteiger partial charge in [0, 0.05) is 35.4 Å². The molecule has 1 heterocycles. The molecule has 5 nitrogen and oxygen atoms in total. The predicted molar refractivity (Wildman–Crippen MR) is 87.0 cm³/mol. The van der Waals surface area contributed by atoms with E-state index in [4.69, 9.17) is 0 Å². The second-order valence-electron chi connectivity index (χ2n) is 5.11. The van der Waals surface area contributed by atoms with Crippen molar-refractivity contribution in [2.75, 3.05) is 10.6 Å². The van der Waals surface area contributed by atoms with Crippen molar-refractivity contribution in [3.05, 3.63) is 60.0 Å². The molecule has 2 amide bonds. The highest BCUT2D eigenvalue weighted by Gasteiger charge is 2.13. The highest BCUT2D eigenvalue weighted by Crippen LogP contribution is 2.21. The lowest BCUT2D eigenvalue weighted by atomic mass is 10.1. The molecule has 0 fully saturated rings. The number of carbonyl (C=O) groups excluding carboxylic acids is 2. The first-order valence-corrected chi connectivity index (χ1v) is 6.98. The maximum absolute atomic E-state index is 13.2. The molecular formula is C17H14FN3O2. The highest BCUT2D eigenvalue weighted by atomic mass is 19.1. The molecule has 6 heteroatoms. The van der Waals surface area contributed by atoms with E-state index in [1.807, 2.05) is 0 Å². The molecule has 2 aromatic carbocycles. The zero-order valence-electron chi connectivity index (χ0n) is 12.3. The number of amides is 2. The number of halogens is 1. The van der Waals surface area contributed by atoms with E-state index in [9.17, 15) is 14.0 Å². The molecule has 0 aliphatic carbocycles. The van der Waals surface area contributed by atoms with Crippen molar-refractivity contribution in [1.82, 2.24) is 4.98 Å². The summed E-state index contributed by atoms with van der Waals surface area (Å²) in [6.45, 7) is 1.41. The van der Waals surface area contributed by atoms with Crippen LogP contribution in [0.3, 0.4) is 0 Å². The van der Waals surface area contributed by atoms with Gasteiger partial charge in [0.15, 0.2) is 0 Å². The summed E-state index contributed by atoms with van der Waals surface area (Å²) in [4.78, 5) is 26.3. The second-order valence-corrected chi connectivity index (χ2v) is 5.11. The van der Waals surface area contributed by atoms with Gasteiger partial charge in [0.1, 0.15) is 5.82 Å². The van der Waals surface area contributed by atoms with Gasteiger partial charge in [-0.3, -0.25) is 9.59 Å². The van der Waals surface area contributed by atoms with Crippen LogP contribution in [0.25, 0.3) is 10.9 Å². The first-order valence-electron chi connectivity index (χ1n) is 6.98. The first kappa shape index (κ1) is 14.8. The number of benzene rings is 2. The molecular weight excluding hydrogens is 297 g/mol. The monoisotopic (exact) mass is 311 g/mol. The fourth-order valence-electron chi connectivity index (χ4n) is 2.36. The van der Waals surface area contributed by atoms with Gasteiger partial charge in [-0.1, -0.05) is 6.07 Å². The number of carbonyl (C=O) groups is 2. The molecule has 3 N–H and O–H groups in total. The second kappa shape index (κ2) is 5.92. The van der Waals surface area contributed by atoms with Gasteiger partial charge in [-0.2, -0.15) is 0 Å². The third-order valence-electron chi connectivity index (χ3n) is 3.33. The molecule has 0 bridgehead atoms. The Balaban J connectivity index is 1.84. The summed E-state index contributed by atoms with van der Waals surface area (Å²) in [6, 6.07) is 11.0. The molecule has 0 saturated carbocycles. The van der Waals surface area contributed by atoms with E-state index in [1.165, 1.54) is 25.3 Å². The average Bonchev–Trinajstić information content (AvgIpc) is 2.89. The Morgan fingerprint density at radius 1 is 1.04 bits per heavy atom. The molecule has 3 rings (SSSR count). The van der Waals surface area contributed by atoms with Crippen molar-refractivity contribution in [2.24, 2.45) is 0 Å². The third kappa shape index (κ3) is 3.21. The number of anilines is 2. The van der Waals surface area contributed by atoms with Gasteiger partial charge < -0.3 is 15.6 Å². The Hall–Kier alpha value is -3.15. The van der Waals surface area contributed by atoms with Crippen LogP contribution in [0.5, 0.6) is 0 Å². The number of H-pyrrole nitrogens is 1. The Kier molecular flexibility index (Phi) is 3.80. The standard InChI is InChI=1S/C17H14FN3O2/c1-10(22)20-12-3-2-4-13(8-12)21-17(23)15-9-19-16-7-11(18)5-6-14(15)16/h2-9,19H,1H3,(H,20,22)(H,21,23). The molecule has 0 aliphatic heterocycles. The Labute approximate surface area is 131 Å². The van der Waals surface area contributed by atoms with E-state index >= 15 is 0 Å². The molecule has 0 spiro atoms. The molecule has 116 valence electrons. The number of aromatic nitrogens is 1. The van der Waals surface area contributed by atoms with Crippen LogP contribution < -0.4 is 10.6 Å². The van der Waals surface area contributed by atoms with Crippen molar-refractivity contribution in [2.45, 2.75) is 6.92 Å². The minimum absolute atomic E-state index is 0.188. The number of rotatable bonds is 3. The van der Waals surface area contributed by atoms with Gasteiger partial charge in [-0.05, 0) is 36.4 Å². The van der Waals surface area contributed by atoms with Crippen molar-refractivity contribution in [3.8, 4) is 0 Å². The van der Waals surface area contributed by atoms with Gasteiger partial charge in [0.05, 0.1) is 5.56 Å². The lowest BCUT2D eigenvalue weighted by Crippen LogP contribution is -2.12. The summed E-state index contributed by atoms with van der Waals surface area (Å²) in [5.41, 5.74) is 2.13. The Bertz CT molecular complexity index is 902. The lowest BCUT2D eigenvalue weighted by molar-refractivity contribution is -0.114. The Morgan fingerprint density at radius 2 is 1.78 bits per heavy atom. The Morgan fingerprint density at radius 3 is 2.52 bits per heavy atom. The van der Waals surface area contributed by atoms with Gasteiger partial charge in [0.2, 0.25) is 5.91 Å². The third-order valence-corrected chi connectivity index (χ3v) is 3.33. The van der Waals surface area contributed by atoms with E-state index in [0.29, 0.717) is 27.8 Å². The summed E-state index contributed by atoms with van der Waals surface area (Å²) in [6.07, 6.45) is 1.54. The summed E-state index contributed by atoms with van der Waals surface area (Å²) in [5.74, 6) is -0.871. The SMILES string of the molecule is CC(=O)Nc1cccc(NC(=O)c2c[nH]c3cc(F)ccc23)c1. The number of nitrogens with one attached hydrogen (secondary N) is 3. The number of hydrogen-bond acceptors (Lipinski definition) is 2. The fraction of sp³-hybridized carbons (Fsp3) is 0.0588. The highest BCUT2D eigenvalue weighted by molar-refractivity contribution is 6.12. The molecule has 0 atom stereocenters. The largest absolute Gasteiger partial charge is 0.360 e. The maximum atomic E-state index is 13.2. The summed E-state index contributed by atoms with van der Waals surface area (Å²) < 4.78 is 13.2. The summed E-state index contributed by atoms with van der Waals surface area (Å²) in [7, 11) is 0. The molecule has 0 radical (unpaired) electrons. The van der Waals surface area contributed by atoms with Crippen LogP contribution in [0, 0.1) is 5.82 Å². The van der Waals surface area contributed by atoms with E-state index in [2.05, 4.69) is 15.6 Å². The maximum Gasteiger partial charge on any atom is 0.257 e. The molecule has 0 aliphatic rings. The van der Waals surface area contributed by atoms with Crippen LogP contribution in [-0.4, -0.2) is 16.8 Å². The number of fused-ring (bicyclic) bond motifs is 1. The summed E-state index contributed by atoms with van der Waals surface area (Å²) in [5, 5.41) is 6.05. The van der Waals surface area contributed by atoms with Gasteiger partial charge in [0.25, 0.3) is 5.91 Å². The molecule has 1 aromatic heterocycles. The van der Waals surface area contributed by atoms with Gasteiger partial charge >= 0.3 is 0 Å². The van der Waals surface area contributed by atoms with E-state index in [1.54, 1.807) is 30.3 Å². The van der Waals surface area contributed by atoms with Crippen LogP contribution in [0.2, 0.25) is 0 Å². The number of hydrogen-bond donors (Lipinski definition) is 3. The quantitative estimate of drug-likeness (QED) is 0.692. The van der Waals surface area contributed by atoms with Gasteiger partial charge in [-0.25, -0.2) is 4.39 Å². The van der Waals surface area contributed by atoms with Crippen molar-refractivity contribution >= 4 is 34.1 Å². The smallest absolute Gasteiger partial charge is 0.257 e. The van der Waals surface area contributed by atoms with Crippen LogP contribution in [0.15, 0.2) is 48.7 Å². The minimum Gasteiger partial charge on any atom is -0.360 e. The molecule has 0 unspecified atom stereocenters. The molecule has 23 heavy (non-hydrogen) atoms. The number of aromatic amines is 1. The van der Waals surface area contributed by atoms with Crippen LogP contribution in [0.1, 0.15) is 17.3 Å².